The highest BCUT2D eigenvalue weighted by molar-refractivity contribution is 6.07. The number of carbonyl (C=O) groups excluding carboxylic acids is 1. The van der Waals surface area contributed by atoms with Crippen LogP contribution < -0.4 is 4.74 Å². The fraction of sp³-hybridized carbons (Fsp3) is 0.118. The SMILES string of the molecule is CCOc1ccccc1C=CC(=O)c1cccc(O)c1. The third-order valence-corrected chi connectivity index (χ3v) is 2.76. The smallest absolute Gasteiger partial charge is 0.185 e. The minimum absolute atomic E-state index is 0.0824. The second-order valence-corrected chi connectivity index (χ2v) is 4.22. The topological polar surface area (TPSA) is 46.5 Å². The summed E-state index contributed by atoms with van der Waals surface area (Å²) in [4.78, 5) is 12.0. The first-order valence-corrected chi connectivity index (χ1v) is 6.44. The molecule has 0 unspecified atom stereocenters. The van der Waals surface area contributed by atoms with Crippen LogP contribution in [0, 0.1) is 0 Å². The molecule has 102 valence electrons. The molecule has 0 amide bonds. The van der Waals surface area contributed by atoms with Crippen LogP contribution in [-0.4, -0.2) is 17.5 Å². The first kappa shape index (κ1) is 13.9. The Morgan fingerprint density at radius 1 is 1.20 bits per heavy atom. The summed E-state index contributed by atoms with van der Waals surface area (Å²) in [6.07, 6.45) is 3.20. The van der Waals surface area contributed by atoms with Crippen LogP contribution in [0.3, 0.4) is 0 Å². The molecule has 0 saturated carbocycles. The maximum Gasteiger partial charge on any atom is 0.185 e. The van der Waals surface area contributed by atoms with E-state index in [0.717, 1.165) is 11.3 Å². The average Bonchev–Trinajstić information content (AvgIpc) is 2.46. The van der Waals surface area contributed by atoms with Gasteiger partial charge in [-0.3, -0.25) is 4.79 Å². The summed E-state index contributed by atoms with van der Waals surface area (Å²) in [6.45, 7) is 2.49. The van der Waals surface area contributed by atoms with Crippen LogP contribution in [0.4, 0.5) is 0 Å². The van der Waals surface area contributed by atoms with Crippen LogP contribution in [-0.2, 0) is 0 Å². The Kier molecular flexibility index (Phi) is 4.56. The van der Waals surface area contributed by atoms with Gasteiger partial charge in [-0.2, -0.15) is 0 Å². The molecule has 0 atom stereocenters. The number of aromatic hydroxyl groups is 1. The van der Waals surface area contributed by atoms with Gasteiger partial charge in [0.15, 0.2) is 5.78 Å². The van der Waals surface area contributed by atoms with Crippen LogP contribution in [0.1, 0.15) is 22.8 Å². The van der Waals surface area contributed by atoms with Gasteiger partial charge in [-0.1, -0.05) is 30.3 Å². The number of phenolic OH excluding ortho intramolecular Hbond substituents is 1. The molecule has 3 heteroatoms. The fourth-order valence-corrected chi connectivity index (χ4v) is 1.83. The van der Waals surface area contributed by atoms with Gasteiger partial charge in [-0.25, -0.2) is 0 Å². The Hall–Kier alpha value is -2.55. The Bertz CT molecular complexity index is 630. The molecule has 2 aromatic carbocycles. The number of carbonyl (C=O) groups is 1. The molecule has 0 heterocycles. The number of allylic oxidation sites excluding steroid dienone is 1. The zero-order valence-corrected chi connectivity index (χ0v) is 11.2. The molecule has 0 spiro atoms. The lowest BCUT2D eigenvalue weighted by molar-refractivity contribution is 0.104. The number of ether oxygens (including phenoxy) is 1. The predicted octanol–water partition coefficient (Wildman–Crippen LogP) is 3.69. The molecule has 0 aliphatic carbocycles. The van der Waals surface area contributed by atoms with Crippen LogP contribution in [0.5, 0.6) is 11.5 Å². The van der Waals surface area contributed by atoms with E-state index < -0.39 is 0 Å². The van der Waals surface area contributed by atoms with Crippen LogP contribution in [0.25, 0.3) is 6.08 Å². The molecule has 0 saturated heterocycles. The van der Waals surface area contributed by atoms with Gasteiger partial charge in [-0.05, 0) is 37.3 Å². The number of ketones is 1. The highest BCUT2D eigenvalue weighted by atomic mass is 16.5. The van der Waals surface area contributed by atoms with Gasteiger partial charge in [0.25, 0.3) is 0 Å². The van der Waals surface area contributed by atoms with Crippen molar-refractivity contribution in [1.29, 1.82) is 0 Å². The predicted molar refractivity (Wildman–Crippen MR) is 79.1 cm³/mol. The van der Waals surface area contributed by atoms with Crippen molar-refractivity contribution in [2.45, 2.75) is 6.92 Å². The lowest BCUT2D eigenvalue weighted by atomic mass is 10.1. The number of benzene rings is 2. The van der Waals surface area contributed by atoms with E-state index in [-0.39, 0.29) is 11.5 Å². The Morgan fingerprint density at radius 3 is 2.75 bits per heavy atom. The zero-order chi connectivity index (χ0) is 14.4. The largest absolute Gasteiger partial charge is 0.508 e. The fourth-order valence-electron chi connectivity index (χ4n) is 1.83. The average molecular weight is 268 g/mol. The summed E-state index contributed by atoms with van der Waals surface area (Å²) < 4.78 is 5.49. The summed E-state index contributed by atoms with van der Waals surface area (Å²) >= 11 is 0. The monoisotopic (exact) mass is 268 g/mol. The maximum absolute atomic E-state index is 12.0. The van der Waals surface area contributed by atoms with E-state index >= 15 is 0 Å². The molecule has 2 rings (SSSR count). The number of hydrogen-bond donors (Lipinski definition) is 1. The van der Waals surface area contributed by atoms with Crippen molar-refractivity contribution < 1.29 is 14.6 Å². The second kappa shape index (κ2) is 6.57. The van der Waals surface area contributed by atoms with Gasteiger partial charge >= 0.3 is 0 Å². The van der Waals surface area contributed by atoms with Crippen LogP contribution in [0.2, 0.25) is 0 Å². The van der Waals surface area contributed by atoms with E-state index in [4.69, 9.17) is 4.74 Å². The molecule has 0 fully saturated rings. The minimum atomic E-state index is -0.160. The van der Waals surface area contributed by atoms with Gasteiger partial charge in [0, 0.05) is 11.1 Å². The maximum atomic E-state index is 12.0. The first-order valence-electron chi connectivity index (χ1n) is 6.44. The molecule has 0 aliphatic heterocycles. The summed E-state index contributed by atoms with van der Waals surface area (Å²) in [5.74, 6) is 0.668. The Balaban J connectivity index is 2.19. The van der Waals surface area contributed by atoms with Crippen molar-refractivity contribution in [2.24, 2.45) is 0 Å². The number of phenols is 1. The van der Waals surface area contributed by atoms with E-state index in [1.807, 2.05) is 31.2 Å². The van der Waals surface area contributed by atoms with Gasteiger partial charge in [-0.15, -0.1) is 0 Å². The van der Waals surface area contributed by atoms with Crippen LogP contribution >= 0.6 is 0 Å². The molecule has 2 aromatic rings. The second-order valence-electron chi connectivity index (χ2n) is 4.22. The lowest BCUT2D eigenvalue weighted by Gasteiger charge is -2.06. The van der Waals surface area contributed by atoms with Crippen molar-refractivity contribution >= 4 is 11.9 Å². The normalized spacial score (nSPS) is 10.7. The molecule has 0 radical (unpaired) electrons. The van der Waals surface area contributed by atoms with E-state index in [9.17, 15) is 9.90 Å². The quantitative estimate of drug-likeness (QED) is 0.664. The van der Waals surface area contributed by atoms with E-state index in [0.29, 0.717) is 12.2 Å². The van der Waals surface area contributed by atoms with Gasteiger partial charge < -0.3 is 9.84 Å². The highest BCUT2D eigenvalue weighted by Gasteiger charge is 2.03. The van der Waals surface area contributed by atoms with Crippen molar-refractivity contribution in [3.63, 3.8) is 0 Å². The van der Waals surface area contributed by atoms with E-state index in [1.54, 1.807) is 18.2 Å². The highest BCUT2D eigenvalue weighted by Crippen LogP contribution is 2.20. The third-order valence-electron chi connectivity index (χ3n) is 2.76. The van der Waals surface area contributed by atoms with Crippen molar-refractivity contribution in [3.05, 3.63) is 65.7 Å². The molecular weight excluding hydrogens is 252 g/mol. The van der Waals surface area contributed by atoms with E-state index in [2.05, 4.69) is 0 Å². The number of hydrogen-bond acceptors (Lipinski definition) is 3. The number of para-hydroxylation sites is 1. The first-order chi connectivity index (χ1) is 9.70. The Morgan fingerprint density at radius 2 is 2.00 bits per heavy atom. The molecule has 0 bridgehead atoms. The third kappa shape index (κ3) is 3.48. The summed E-state index contributed by atoms with van der Waals surface area (Å²) in [5, 5.41) is 9.36. The van der Waals surface area contributed by atoms with Crippen molar-refractivity contribution in [1.82, 2.24) is 0 Å². The van der Waals surface area contributed by atoms with E-state index in [1.165, 1.54) is 18.2 Å². The summed E-state index contributed by atoms with van der Waals surface area (Å²) in [7, 11) is 0. The molecule has 20 heavy (non-hydrogen) atoms. The van der Waals surface area contributed by atoms with Crippen molar-refractivity contribution in [2.75, 3.05) is 6.61 Å². The molecule has 3 nitrogen and oxygen atoms in total. The Labute approximate surface area is 118 Å². The molecule has 0 aromatic heterocycles. The lowest BCUT2D eigenvalue weighted by Crippen LogP contribution is -1.95. The van der Waals surface area contributed by atoms with Gasteiger partial charge in [0.2, 0.25) is 0 Å². The zero-order valence-electron chi connectivity index (χ0n) is 11.2. The van der Waals surface area contributed by atoms with Gasteiger partial charge in [0.1, 0.15) is 11.5 Å². The van der Waals surface area contributed by atoms with Gasteiger partial charge in [0.05, 0.1) is 6.61 Å². The molecule has 1 N–H and O–H groups in total. The summed E-state index contributed by atoms with van der Waals surface area (Å²) in [6, 6.07) is 13.8. The standard InChI is InChI=1S/C17H16O3/c1-2-20-17-9-4-3-6-13(17)10-11-16(19)14-7-5-8-15(18)12-14/h3-12,18H,2H2,1H3. The van der Waals surface area contributed by atoms with Crippen LogP contribution in [0.15, 0.2) is 54.6 Å². The van der Waals surface area contributed by atoms with Crippen molar-refractivity contribution in [3.8, 4) is 11.5 Å². The minimum Gasteiger partial charge on any atom is -0.508 e. The molecular formula is C17H16O3. The number of rotatable bonds is 5. The molecule has 0 aliphatic rings. The summed E-state index contributed by atoms with van der Waals surface area (Å²) in [5.41, 5.74) is 1.30.